The highest BCUT2D eigenvalue weighted by molar-refractivity contribution is 7.89. The summed E-state index contributed by atoms with van der Waals surface area (Å²) in [6.07, 6.45) is 0. The van der Waals surface area contributed by atoms with Crippen molar-refractivity contribution in [2.45, 2.75) is 24.7 Å². The largest absolute Gasteiger partial charge is 0.506 e. The van der Waals surface area contributed by atoms with Crippen molar-refractivity contribution in [3.05, 3.63) is 30.0 Å². The number of phenolic OH excluding ortho intramolecular Hbond substituents is 1. The molecule has 0 amide bonds. The molecule has 2 rings (SSSR count). The molecule has 0 aliphatic rings. The maximum Gasteiger partial charge on any atom is 0.242 e. The van der Waals surface area contributed by atoms with Gasteiger partial charge in [0.2, 0.25) is 10.0 Å². The molecule has 0 radical (unpaired) electrons. The Labute approximate surface area is 118 Å². The van der Waals surface area contributed by atoms with Gasteiger partial charge in [0.15, 0.2) is 0 Å². The molecule has 1 heterocycles. The topological polar surface area (TPSA) is 70.5 Å². The van der Waals surface area contributed by atoms with E-state index < -0.39 is 10.0 Å². The van der Waals surface area contributed by atoms with Gasteiger partial charge in [0.25, 0.3) is 0 Å². The first-order chi connectivity index (χ1) is 9.23. The normalized spacial score (nSPS) is 12.5. The Morgan fingerprint density at radius 2 is 1.85 bits per heavy atom. The molecule has 0 saturated carbocycles. The van der Waals surface area contributed by atoms with Crippen molar-refractivity contribution < 1.29 is 13.5 Å². The minimum absolute atomic E-state index is 0.0617. The van der Waals surface area contributed by atoms with Gasteiger partial charge in [0, 0.05) is 31.2 Å². The SMILES string of the molecule is CC(C)c1ccc2cc(S(=O)(=O)N(C)C)cc(O)c2n1. The number of phenols is 1. The second-order valence-corrected chi connectivity index (χ2v) is 7.34. The van der Waals surface area contributed by atoms with E-state index in [2.05, 4.69) is 4.98 Å². The van der Waals surface area contributed by atoms with E-state index in [0.29, 0.717) is 10.9 Å². The van der Waals surface area contributed by atoms with Crippen LogP contribution >= 0.6 is 0 Å². The molecule has 0 bridgehead atoms. The number of sulfonamides is 1. The van der Waals surface area contributed by atoms with Crippen LogP contribution in [-0.4, -0.2) is 36.9 Å². The van der Waals surface area contributed by atoms with E-state index >= 15 is 0 Å². The lowest BCUT2D eigenvalue weighted by Crippen LogP contribution is -2.22. The zero-order valence-electron chi connectivity index (χ0n) is 12.0. The lowest BCUT2D eigenvalue weighted by molar-refractivity contribution is 0.476. The monoisotopic (exact) mass is 294 g/mol. The van der Waals surface area contributed by atoms with Crippen LogP contribution in [0.5, 0.6) is 5.75 Å². The van der Waals surface area contributed by atoms with Crippen molar-refractivity contribution in [1.29, 1.82) is 0 Å². The lowest BCUT2D eigenvalue weighted by Gasteiger charge is -2.13. The number of hydrogen-bond donors (Lipinski definition) is 1. The molecule has 1 aromatic carbocycles. The Hall–Kier alpha value is -1.66. The zero-order chi connectivity index (χ0) is 15.1. The summed E-state index contributed by atoms with van der Waals surface area (Å²) >= 11 is 0. The Kier molecular flexibility index (Phi) is 3.71. The molecule has 108 valence electrons. The fraction of sp³-hybridized carbons (Fsp3) is 0.357. The summed E-state index contributed by atoms with van der Waals surface area (Å²) in [6, 6.07) is 6.40. The predicted octanol–water partition coefficient (Wildman–Crippen LogP) is 2.31. The fourth-order valence-corrected chi connectivity index (χ4v) is 2.84. The second-order valence-electron chi connectivity index (χ2n) is 5.19. The summed E-state index contributed by atoms with van der Waals surface area (Å²) in [6.45, 7) is 4.02. The smallest absolute Gasteiger partial charge is 0.242 e. The van der Waals surface area contributed by atoms with Crippen LogP contribution in [0.25, 0.3) is 10.9 Å². The molecule has 0 spiro atoms. The minimum atomic E-state index is -3.57. The van der Waals surface area contributed by atoms with Crippen LogP contribution in [0, 0.1) is 0 Å². The third-order valence-electron chi connectivity index (χ3n) is 3.14. The molecular formula is C14H18N2O3S. The van der Waals surface area contributed by atoms with Crippen molar-refractivity contribution >= 4 is 20.9 Å². The zero-order valence-corrected chi connectivity index (χ0v) is 12.8. The number of aromatic nitrogens is 1. The van der Waals surface area contributed by atoms with E-state index in [-0.39, 0.29) is 16.6 Å². The highest BCUT2D eigenvalue weighted by Crippen LogP contribution is 2.29. The molecule has 0 aliphatic carbocycles. The van der Waals surface area contributed by atoms with Gasteiger partial charge in [-0.15, -0.1) is 0 Å². The molecule has 1 aromatic heterocycles. The molecule has 2 aromatic rings. The van der Waals surface area contributed by atoms with Gasteiger partial charge in [-0.3, -0.25) is 0 Å². The van der Waals surface area contributed by atoms with Crippen LogP contribution in [0.2, 0.25) is 0 Å². The average Bonchev–Trinajstić information content (AvgIpc) is 2.37. The van der Waals surface area contributed by atoms with Gasteiger partial charge < -0.3 is 5.11 Å². The lowest BCUT2D eigenvalue weighted by atomic mass is 10.1. The molecule has 0 saturated heterocycles. The highest BCUT2D eigenvalue weighted by Gasteiger charge is 2.19. The Morgan fingerprint density at radius 3 is 2.40 bits per heavy atom. The molecule has 20 heavy (non-hydrogen) atoms. The maximum absolute atomic E-state index is 12.1. The van der Waals surface area contributed by atoms with Crippen LogP contribution < -0.4 is 0 Å². The summed E-state index contributed by atoms with van der Waals surface area (Å²) in [4.78, 5) is 4.45. The van der Waals surface area contributed by atoms with Crippen molar-refractivity contribution in [3.63, 3.8) is 0 Å². The van der Waals surface area contributed by atoms with Crippen LogP contribution in [-0.2, 0) is 10.0 Å². The number of hydrogen-bond acceptors (Lipinski definition) is 4. The second kappa shape index (κ2) is 5.03. The van der Waals surface area contributed by atoms with Crippen LogP contribution in [0.15, 0.2) is 29.2 Å². The summed E-state index contributed by atoms with van der Waals surface area (Å²) < 4.78 is 25.3. The molecule has 6 heteroatoms. The molecule has 0 unspecified atom stereocenters. The van der Waals surface area contributed by atoms with E-state index in [4.69, 9.17) is 0 Å². The van der Waals surface area contributed by atoms with Gasteiger partial charge in [-0.25, -0.2) is 17.7 Å². The molecule has 0 aliphatic heterocycles. The number of fused-ring (bicyclic) bond motifs is 1. The Bertz CT molecular complexity index is 752. The standard InChI is InChI=1S/C14H18N2O3S/c1-9(2)12-6-5-10-7-11(20(18,19)16(3)4)8-13(17)14(10)15-12/h5-9,17H,1-4H3. The summed E-state index contributed by atoms with van der Waals surface area (Å²) in [5, 5.41) is 10.7. The molecule has 0 atom stereocenters. The Morgan fingerprint density at radius 1 is 1.20 bits per heavy atom. The molecule has 1 N–H and O–H groups in total. The predicted molar refractivity (Wildman–Crippen MR) is 78.4 cm³/mol. The van der Waals surface area contributed by atoms with E-state index in [9.17, 15) is 13.5 Å². The van der Waals surface area contributed by atoms with Crippen molar-refractivity contribution in [3.8, 4) is 5.75 Å². The third-order valence-corrected chi connectivity index (χ3v) is 4.93. The number of benzene rings is 1. The molecule has 0 fully saturated rings. The van der Waals surface area contributed by atoms with Gasteiger partial charge in [-0.2, -0.15) is 0 Å². The quantitative estimate of drug-likeness (QED) is 0.943. The Balaban J connectivity index is 2.69. The van der Waals surface area contributed by atoms with Crippen LogP contribution in [0.1, 0.15) is 25.5 Å². The van der Waals surface area contributed by atoms with Gasteiger partial charge in [0.05, 0.1) is 4.90 Å². The first-order valence-electron chi connectivity index (χ1n) is 6.29. The maximum atomic E-state index is 12.1. The molecular weight excluding hydrogens is 276 g/mol. The number of aromatic hydroxyl groups is 1. The summed E-state index contributed by atoms with van der Waals surface area (Å²) in [5.41, 5.74) is 1.28. The van der Waals surface area contributed by atoms with Crippen LogP contribution in [0.3, 0.4) is 0 Å². The summed E-state index contributed by atoms with van der Waals surface area (Å²) in [7, 11) is -0.662. The average molecular weight is 294 g/mol. The van der Waals surface area contributed by atoms with Crippen molar-refractivity contribution in [2.24, 2.45) is 0 Å². The molecule has 5 nitrogen and oxygen atoms in total. The van der Waals surface area contributed by atoms with Crippen molar-refractivity contribution in [1.82, 2.24) is 9.29 Å². The van der Waals surface area contributed by atoms with E-state index in [1.54, 1.807) is 6.07 Å². The van der Waals surface area contributed by atoms with Gasteiger partial charge >= 0.3 is 0 Å². The van der Waals surface area contributed by atoms with Gasteiger partial charge in [-0.1, -0.05) is 19.9 Å². The van der Waals surface area contributed by atoms with E-state index in [1.807, 2.05) is 19.9 Å². The highest BCUT2D eigenvalue weighted by atomic mass is 32.2. The van der Waals surface area contributed by atoms with E-state index in [0.717, 1.165) is 10.00 Å². The van der Waals surface area contributed by atoms with E-state index in [1.165, 1.54) is 26.2 Å². The van der Waals surface area contributed by atoms with Crippen LogP contribution in [0.4, 0.5) is 0 Å². The number of nitrogens with zero attached hydrogens (tertiary/aromatic N) is 2. The number of rotatable bonds is 3. The fourth-order valence-electron chi connectivity index (χ4n) is 1.89. The van der Waals surface area contributed by atoms with Gasteiger partial charge in [-0.05, 0) is 18.1 Å². The third kappa shape index (κ3) is 2.48. The minimum Gasteiger partial charge on any atom is -0.506 e. The first-order valence-corrected chi connectivity index (χ1v) is 7.73. The first kappa shape index (κ1) is 14.7. The van der Waals surface area contributed by atoms with Crippen molar-refractivity contribution in [2.75, 3.05) is 14.1 Å². The number of pyridine rings is 1. The summed E-state index contributed by atoms with van der Waals surface area (Å²) in [5.74, 6) is 0.120. The van der Waals surface area contributed by atoms with Gasteiger partial charge in [0.1, 0.15) is 11.3 Å².